The third-order valence-corrected chi connectivity index (χ3v) is 5.68. The second kappa shape index (κ2) is 10.2. The second-order valence-corrected chi connectivity index (χ2v) is 7.95. The van der Waals surface area contributed by atoms with Gasteiger partial charge in [-0.3, -0.25) is 14.5 Å². The van der Waals surface area contributed by atoms with Gasteiger partial charge in [-0.05, 0) is 68.0 Å². The van der Waals surface area contributed by atoms with Crippen LogP contribution in [0.1, 0.15) is 37.7 Å². The second-order valence-electron chi connectivity index (χ2n) is 7.95. The summed E-state index contributed by atoms with van der Waals surface area (Å²) in [6.07, 6.45) is 9.53. The van der Waals surface area contributed by atoms with E-state index in [2.05, 4.69) is 11.4 Å². The first kappa shape index (κ1) is 21.7. The van der Waals surface area contributed by atoms with Crippen molar-refractivity contribution in [2.45, 2.75) is 32.1 Å². The van der Waals surface area contributed by atoms with Crippen LogP contribution in [-0.2, 0) is 9.59 Å². The molecule has 6 heteroatoms. The van der Waals surface area contributed by atoms with Crippen molar-refractivity contribution in [3.8, 4) is 11.5 Å². The lowest BCUT2D eigenvalue weighted by atomic mass is 9.97. The number of fused-ring (bicyclic) bond motifs is 1. The Hall–Kier alpha value is -3.54. The number of anilines is 1. The molecule has 4 rings (SSSR count). The van der Waals surface area contributed by atoms with Gasteiger partial charge < -0.3 is 14.8 Å². The van der Waals surface area contributed by atoms with Gasteiger partial charge in [0, 0.05) is 6.54 Å². The lowest BCUT2D eigenvalue weighted by Gasteiger charge is -2.30. The number of amides is 2. The standard InChI is InChI=1S/C26H28N2O4/c1-31-21-11-7-10-20(16-21)17-24-26(30)28(22-12-5-6-13-23(22)32-24)18-25(29)27-15-14-19-8-3-2-4-9-19/h5-8,10-13,16-17H,2-4,9,14-15,18H2,1H3,(H,27,29). The summed E-state index contributed by atoms with van der Waals surface area (Å²) in [5, 5.41) is 2.96. The van der Waals surface area contributed by atoms with Crippen molar-refractivity contribution in [1.82, 2.24) is 5.32 Å². The molecule has 0 unspecified atom stereocenters. The average Bonchev–Trinajstić information content (AvgIpc) is 2.82. The maximum atomic E-state index is 13.2. The van der Waals surface area contributed by atoms with Crippen molar-refractivity contribution in [1.29, 1.82) is 0 Å². The molecule has 1 heterocycles. The fourth-order valence-corrected chi connectivity index (χ4v) is 4.00. The van der Waals surface area contributed by atoms with Gasteiger partial charge >= 0.3 is 0 Å². The van der Waals surface area contributed by atoms with Crippen LogP contribution in [0.25, 0.3) is 6.08 Å². The monoisotopic (exact) mass is 432 g/mol. The molecule has 0 radical (unpaired) electrons. The lowest BCUT2D eigenvalue weighted by molar-refractivity contribution is -0.123. The van der Waals surface area contributed by atoms with Gasteiger partial charge in [0.15, 0.2) is 11.5 Å². The number of methoxy groups -OCH3 is 1. The highest BCUT2D eigenvalue weighted by molar-refractivity contribution is 6.12. The van der Waals surface area contributed by atoms with Crippen LogP contribution in [0.4, 0.5) is 5.69 Å². The zero-order chi connectivity index (χ0) is 22.3. The van der Waals surface area contributed by atoms with Crippen LogP contribution < -0.4 is 19.7 Å². The van der Waals surface area contributed by atoms with E-state index >= 15 is 0 Å². The first-order valence-electron chi connectivity index (χ1n) is 11.0. The Labute approximate surface area is 188 Å². The molecule has 166 valence electrons. The molecule has 0 spiro atoms. The highest BCUT2D eigenvalue weighted by Crippen LogP contribution is 2.35. The van der Waals surface area contributed by atoms with Crippen molar-refractivity contribution < 1.29 is 19.1 Å². The number of para-hydroxylation sites is 2. The molecular formula is C26H28N2O4. The Bertz CT molecular complexity index is 1060. The third-order valence-electron chi connectivity index (χ3n) is 5.68. The van der Waals surface area contributed by atoms with E-state index in [-0.39, 0.29) is 24.1 Å². The molecule has 32 heavy (non-hydrogen) atoms. The molecule has 1 N–H and O–H groups in total. The summed E-state index contributed by atoms with van der Waals surface area (Å²) >= 11 is 0. The molecule has 6 nitrogen and oxygen atoms in total. The van der Waals surface area contributed by atoms with Gasteiger partial charge in [0.1, 0.15) is 12.3 Å². The number of benzene rings is 2. The van der Waals surface area contributed by atoms with E-state index in [1.54, 1.807) is 25.3 Å². The van der Waals surface area contributed by atoms with E-state index in [1.807, 2.05) is 36.4 Å². The quantitative estimate of drug-likeness (QED) is 0.518. The number of ether oxygens (including phenoxy) is 2. The van der Waals surface area contributed by atoms with E-state index < -0.39 is 0 Å². The van der Waals surface area contributed by atoms with Crippen LogP contribution in [-0.4, -0.2) is 32.0 Å². The average molecular weight is 433 g/mol. The van der Waals surface area contributed by atoms with Crippen LogP contribution in [0.3, 0.4) is 0 Å². The van der Waals surface area contributed by atoms with Crippen LogP contribution in [0.5, 0.6) is 11.5 Å². The minimum Gasteiger partial charge on any atom is -0.497 e. The molecule has 0 atom stereocenters. The predicted molar refractivity (Wildman–Crippen MR) is 125 cm³/mol. The van der Waals surface area contributed by atoms with E-state index in [9.17, 15) is 9.59 Å². The fraction of sp³-hybridized carbons (Fsp3) is 0.308. The van der Waals surface area contributed by atoms with Crippen LogP contribution in [0.15, 0.2) is 65.9 Å². The number of allylic oxidation sites excluding steroid dienone is 1. The Morgan fingerprint density at radius 2 is 2.06 bits per heavy atom. The van der Waals surface area contributed by atoms with Crippen LogP contribution in [0, 0.1) is 0 Å². The molecular weight excluding hydrogens is 404 g/mol. The van der Waals surface area contributed by atoms with Gasteiger partial charge in [-0.15, -0.1) is 0 Å². The van der Waals surface area contributed by atoms with E-state index in [4.69, 9.17) is 9.47 Å². The van der Waals surface area contributed by atoms with Gasteiger partial charge in [-0.1, -0.05) is 35.9 Å². The highest BCUT2D eigenvalue weighted by Gasteiger charge is 2.31. The SMILES string of the molecule is COc1cccc(C=C2Oc3ccccc3N(CC(=O)NCCC3=CCCCC3)C2=O)c1. The minimum atomic E-state index is -0.350. The molecule has 0 saturated carbocycles. The molecule has 0 saturated heterocycles. The third kappa shape index (κ3) is 5.19. The Morgan fingerprint density at radius 1 is 1.19 bits per heavy atom. The Balaban J connectivity index is 1.48. The fourth-order valence-electron chi connectivity index (χ4n) is 4.00. The summed E-state index contributed by atoms with van der Waals surface area (Å²) in [6.45, 7) is 0.519. The number of nitrogens with one attached hydrogen (secondary N) is 1. The first-order valence-corrected chi connectivity index (χ1v) is 11.0. The topological polar surface area (TPSA) is 67.9 Å². The molecule has 2 aliphatic rings. The van der Waals surface area contributed by atoms with E-state index in [1.165, 1.54) is 23.3 Å². The lowest BCUT2D eigenvalue weighted by Crippen LogP contribution is -2.44. The van der Waals surface area contributed by atoms with Crippen molar-refractivity contribution in [3.05, 3.63) is 71.5 Å². The van der Waals surface area contributed by atoms with Crippen molar-refractivity contribution in [2.24, 2.45) is 0 Å². The number of hydrogen-bond acceptors (Lipinski definition) is 4. The molecule has 2 amide bonds. The number of carbonyl (C=O) groups excluding carboxylic acids is 2. The van der Waals surface area contributed by atoms with Crippen LogP contribution in [0.2, 0.25) is 0 Å². The molecule has 2 aromatic carbocycles. The van der Waals surface area contributed by atoms with Crippen LogP contribution >= 0.6 is 0 Å². The van der Waals surface area contributed by atoms with E-state index in [0.29, 0.717) is 23.7 Å². The summed E-state index contributed by atoms with van der Waals surface area (Å²) in [4.78, 5) is 27.3. The maximum Gasteiger partial charge on any atom is 0.294 e. The normalized spacial score (nSPS) is 16.8. The zero-order valence-electron chi connectivity index (χ0n) is 18.3. The maximum absolute atomic E-state index is 13.2. The summed E-state index contributed by atoms with van der Waals surface area (Å²) in [5.41, 5.74) is 2.77. The predicted octanol–water partition coefficient (Wildman–Crippen LogP) is 4.47. The summed E-state index contributed by atoms with van der Waals surface area (Å²) in [5.74, 6) is 0.856. The van der Waals surface area contributed by atoms with Gasteiger partial charge in [0.2, 0.25) is 5.91 Å². The first-order chi connectivity index (χ1) is 15.6. The van der Waals surface area contributed by atoms with Gasteiger partial charge in [0.25, 0.3) is 5.91 Å². The van der Waals surface area contributed by atoms with E-state index in [0.717, 1.165) is 24.8 Å². The smallest absolute Gasteiger partial charge is 0.294 e. The van der Waals surface area contributed by atoms with Gasteiger partial charge in [0.05, 0.1) is 12.8 Å². The number of hydrogen-bond donors (Lipinski definition) is 1. The number of nitrogens with zero attached hydrogens (tertiary/aromatic N) is 1. The van der Waals surface area contributed by atoms with Crippen molar-refractivity contribution in [3.63, 3.8) is 0 Å². The Kier molecular flexibility index (Phi) is 6.90. The summed E-state index contributed by atoms with van der Waals surface area (Å²) < 4.78 is 11.1. The van der Waals surface area contributed by atoms with Crippen molar-refractivity contribution >= 4 is 23.6 Å². The largest absolute Gasteiger partial charge is 0.497 e. The molecule has 1 aliphatic heterocycles. The molecule has 0 aromatic heterocycles. The molecule has 1 aliphatic carbocycles. The van der Waals surface area contributed by atoms with Gasteiger partial charge in [-0.25, -0.2) is 0 Å². The Morgan fingerprint density at radius 3 is 2.88 bits per heavy atom. The van der Waals surface area contributed by atoms with Crippen molar-refractivity contribution in [2.75, 3.05) is 25.1 Å². The minimum absolute atomic E-state index is 0.0618. The zero-order valence-corrected chi connectivity index (χ0v) is 18.3. The molecule has 2 aromatic rings. The molecule has 0 fully saturated rings. The number of rotatable bonds is 7. The molecule has 0 bridgehead atoms. The highest BCUT2D eigenvalue weighted by atomic mass is 16.5. The van der Waals surface area contributed by atoms with Gasteiger partial charge in [-0.2, -0.15) is 0 Å². The summed E-state index contributed by atoms with van der Waals surface area (Å²) in [6, 6.07) is 14.6. The summed E-state index contributed by atoms with van der Waals surface area (Å²) in [7, 11) is 1.59. The number of carbonyl (C=O) groups is 2.